The van der Waals surface area contributed by atoms with Crippen molar-refractivity contribution in [2.75, 3.05) is 0 Å². The number of hydrogen-bond acceptors (Lipinski definition) is 3. The molecule has 0 radical (unpaired) electrons. The van der Waals surface area contributed by atoms with Crippen molar-refractivity contribution in [3.05, 3.63) is 41.5 Å². The Morgan fingerprint density at radius 2 is 2.04 bits per heavy atom. The zero-order chi connectivity index (χ0) is 17.1. The smallest absolute Gasteiger partial charge is 0.371 e. The van der Waals surface area contributed by atoms with E-state index in [1.165, 1.54) is 42.4 Å². The molecule has 0 heterocycles. The molecule has 2 saturated carbocycles. The van der Waals surface area contributed by atoms with Crippen LogP contribution in [0.5, 0.6) is 5.75 Å². The molecule has 0 aliphatic heterocycles. The van der Waals surface area contributed by atoms with E-state index in [9.17, 15) is 8.42 Å². The third kappa shape index (κ3) is 2.58. The lowest BCUT2D eigenvalue weighted by Crippen LogP contribution is -2.40. The van der Waals surface area contributed by atoms with Crippen LogP contribution in [0.4, 0.5) is 0 Å². The summed E-state index contributed by atoms with van der Waals surface area (Å²) < 4.78 is 27.1. The Morgan fingerprint density at radius 3 is 2.79 bits per heavy atom. The van der Waals surface area contributed by atoms with Crippen LogP contribution in [0.2, 0.25) is 0 Å². The third-order valence-electron chi connectivity index (χ3n) is 6.65. The number of hydrogen-bond donors (Lipinski definition) is 1. The molecule has 0 amide bonds. The molecule has 1 aromatic carbocycles. The lowest BCUT2D eigenvalue weighted by molar-refractivity contribution is 0.0779. The minimum atomic E-state index is -3.97. The van der Waals surface area contributed by atoms with Gasteiger partial charge < -0.3 is 4.18 Å². The lowest BCUT2D eigenvalue weighted by Gasteiger charge is -2.49. The molecular formula is C19H25NO3S. The zero-order valence-electron chi connectivity index (χ0n) is 14.1. The van der Waals surface area contributed by atoms with Crippen molar-refractivity contribution < 1.29 is 12.6 Å². The van der Waals surface area contributed by atoms with E-state index in [2.05, 4.69) is 13.5 Å². The fraction of sp³-hybridized carbons (Fsp3) is 0.579. The Morgan fingerprint density at radius 1 is 1.25 bits per heavy atom. The van der Waals surface area contributed by atoms with E-state index in [1.54, 1.807) is 6.07 Å². The summed E-state index contributed by atoms with van der Waals surface area (Å²) in [5.41, 5.74) is 4.47. The summed E-state index contributed by atoms with van der Waals surface area (Å²) in [6.45, 7) is 6.83. The van der Waals surface area contributed by atoms with Crippen LogP contribution in [0.15, 0.2) is 30.4 Å². The van der Waals surface area contributed by atoms with Gasteiger partial charge in [0, 0.05) is 0 Å². The monoisotopic (exact) mass is 347 g/mol. The molecule has 0 bridgehead atoms. The zero-order valence-corrected chi connectivity index (χ0v) is 14.9. The summed E-state index contributed by atoms with van der Waals surface area (Å²) in [4.78, 5) is 0. The molecule has 130 valence electrons. The van der Waals surface area contributed by atoms with E-state index >= 15 is 0 Å². The van der Waals surface area contributed by atoms with Crippen LogP contribution in [0.3, 0.4) is 0 Å². The van der Waals surface area contributed by atoms with Crippen molar-refractivity contribution in [1.82, 2.24) is 0 Å². The Kier molecular flexibility index (Phi) is 3.59. The molecule has 4 atom stereocenters. The predicted molar refractivity (Wildman–Crippen MR) is 93.9 cm³/mol. The maximum atomic E-state index is 11.1. The molecule has 1 aromatic rings. The molecule has 3 unspecified atom stereocenters. The highest BCUT2D eigenvalue weighted by atomic mass is 32.2. The van der Waals surface area contributed by atoms with E-state index in [0.717, 1.165) is 12.8 Å². The molecule has 5 heteroatoms. The first-order chi connectivity index (χ1) is 11.3. The van der Waals surface area contributed by atoms with Gasteiger partial charge in [0.2, 0.25) is 0 Å². The van der Waals surface area contributed by atoms with Gasteiger partial charge in [-0.25, -0.2) is 0 Å². The topological polar surface area (TPSA) is 69.4 Å². The highest BCUT2D eigenvalue weighted by Gasteiger charge is 2.51. The normalized spacial score (nSPS) is 35.1. The van der Waals surface area contributed by atoms with Gasteiger partial charge in [-0.05, 0) is 85.0 Å². The SMILES string of the molecule is C=C1CC[C@@]2(C)CCC3c4ccc(OS(N)(=O)=O)cc4CCC3C12. The minimum Gasteiger partial charge on any atom is -0.371 e. The number of fused-ring (bicyclic) bond motifs is 5. The van der Waals surface area contributed by atoms with Crippen LogP contribution in [-0.2, 0) is 16.7 Å². The van der Waals surface area contributed by atoms with Crippen LogP contribution in [0, 0.1) is 17.3 Å². The second-order valence-electron chi connectivity index (χ2n) is 8.07. The molecule has 2 fully saturated rings. The van der Waals surface area contributed by atoms with Crippen LogP contribution in [0.25, 0.3) is 0 Å². The first-order valence-electron chi connectivity index (χ1n) is 8.79. The molecule has 0 saturated heterocycles. The number of aryl methyl sites for hydroxylation is 1. The molecule has 24 heavy (non-hydrogen) atoms. The second kappa shape index (κ2) is 5.33. The van der Waals surface area contributed by atoms with Gasteiger partial charge in [0.25, 0.3) is 0 Å². The predicted octanol–water partition coefficient (Wildman–Crippen LogP) is 3.68. The summed E-state index contributed by atoms with van der Waals surface area (Å²) in [5.74, 6) is 2.20. The number of benzene rings is 1. The van der Waals surface area contributed by atoms with Gasteiger partial charge in [-0.3, -0.25) is 0 Å². The van der Waals surface area contributed by atoms with Crippen LogP contribution in [-0.4, -0.2) is 8.42 Å². The van der Waals surface area contributed by atoms with Crippen molar-refractivity contribution in [2.24, 2.45) is 22.4 Å². The highest BCUT2D eigenvalue weighted by molar-refractivity contribution is 7.84. The van der Waals surface area contributed by atoms with Gasteiger partial charge in [-0.2, -0.15) is 13.6 Å². The standard InChI is InChI=1S/C19H25NO3S/c1-12-7-9-19(2)10-8-16-15-6-4-14(23-24(20,21)22)11-13(15)3-5-17(16)18(12)19/h4,6,11,16-18H,1,3,5,7-10H2,2H3,(H2,20,21,22)/t16?,17?,18?,19-/m0/s1. The summed E-state index contributed by atoms with van der Waals surface area (Å²) >= 11 is 0. The Bertz CT molecular complexity index is 801. The fourth-order valence-electron chi connectivity index (χ4n) is 5.70. The van der Waals surface area contributed by atoms with Gasteiger partial charge in [-0.15, -0.1) is 0 Å². The van der Waals surface area contributed by atoms with E-state index in [4.69, 9.17) is 9.32 Å². The van der Waals surface area contributed by atoms with E-state index in [-0.39, 0.29) is 0 Å². The van der Waals surface area contributed by atoms with E-state index < -0.39 is 10.3 Å². The summed E-state index contributed by atoms with van der Waals surface area (Å²) in [5, 5.41) is 4.98. The van der Waals surface area contributed by atoms with Gasteiger partial charge in [0.1, 0.15) is 5.75 Å². The molecule has 4 nitrogen and oxygen atoms in total. The minimum absolute atomic E-state index is 0.320. The lowest BCUT2D eigenvalue weighted by atomic mass is 9.55. The second-order valence-corrected chi connectivity index (χ2v) is 9.23. The van der Waals surface area contributed by atoms with Crippen LogP contribution < -0.4 is 9.32 Å². The summed E-state index contributed by atoms with van der Waals surface area (Å²) in [6.07, 6.45) is 7.06. The van der Waals surface area contributed by atoms with Gasteiger partial charge in [0.05, 0.1) is 0 Å². The van der Waals surface area contributed by atoms with Crippen molar-refractivity contribution in [2.45, 2.75) is 51.4 Å². The van der Waals surface area contributed by atoms with Crippen molar-refractivity contribution in [3.63, 3.8) is 0 Å². The molecule has 0 spiro atoms. The van der Waals surface area contributed by atoms with Gasteiger partial charge in [0.15, 0.2) is 0 Å². The summed E-state index contributed by atoms with van der Waals surface area (Å²) in [6, 6.07) is 5.64. The Hall–Kier alpha value is -1.33. The molecule has 4 rings (SSSR count). The molecule has 0 aromatic heterocycles. The Balaban J connectivity index is 1.66. The Labute approximate surface area is 144 Å². The first kappa shape index (κ1) is 16.2. The largest absolute Gasteiger partial charge is 0.380 e. The number of nitrogens with two attached hydrogens (primary N) is 1. The fourth-order valence-corrected chi connectivity index (χ4v) is 6.08. The van der Waals surface area contributed by atoms with E-state index in [1.807, 2.05) is 12.1 Å². The van der Waals surface area contributed by atoms with Gasteiger partial charge >= 0.3 is 10.3 Å². The van der Waals surface area contributed by atoms with Crippen molar-refractivity contribution >= 4 is 10.3 Å². The maximum Gasteiger partial charge on any atom is 0.380 e. The molecule has 3 aliphatic rings. The number of rotatable bonds is 2. The molecular weight excluding hydrogens is 322 g/mol. The maximum absolute atomic E-state index is 11.1. The van der Waals surface area contributed by atoms with Crippen molar-refractivity contribution in [3.8, 4) is 5.75 Å². The molecule has 2 N–H and O–H groups in total. The first-order valence-corrected chi connectivity index (χ1v) is 10.3. The average molecular weight is 347 g/mol. The third-order valence-corrected chi connectivity index (χ3v) is 7.08. The van der Waals surface area contributed by atoms with Crippen LogP contribution >= 0.6 is 0 Å². The number of allylic oxidation sites excluding steroid dienone is 1. The van der Waals surface area contributed by atoms with E-state index in [0.29, 0.717) is 28.9 Å². The quantitative estimate of drug-likeness (QED) is 0.830. The molecule has 3 aliphatic carbocycles. The summed E-state index contributed by atoms with van der Waals surface area (Å²) in [7, 11) is -3.97. The van der Waals surface area contributed by atoms with Crippen molar-refractivity contribution in [1.29, 1.82) is 0 Å². The average Bonchev–Trinajstić information content (AvgIpc) is 2.81. The van der Waals surface area contributed by atoms with Crippen LogP contribution in [0.1, 0.15) is 56.1 Å². The highest BCUT2D eigenvalue weighted by Crippen LogP contribution is 2.62. The van der Waals surface area contributed by atoms with Gasteiger partial charge in [-0.1, -0.05) is 25.1 Å².